The van der Waals surface area contributed by atoms with Gasteiger partial charge in [-0.3, -0.25) is 4.79 Å². The van der Waals surface area contributed by atoms with Gasteiger partial charge in [0.1, 0.15) is 0 Å². The van der Waals surface area contributed by atoms with E-state index in [1.54, 1.807) is 30.3 Å². The van der Waals surface area contributed by atoms with E-state index >= 15 is 0 Å². The number of anilines is 1. The molecular weight excluding hydrogens is 441 g/mol. The zero-order valence-electron chi connectivity index (χ0n) is 14.6. The van der Waals surface area contributed by atoms with Crippen LogP contribution in [0.4, 0.5) is 5.69 Å². The van der Waals surface area contributed by atoms with Gasteiger partial charge in [-0.2, -0.15) is 0 Å². The number of benzene rings is 2. The average molecular weight is 456 g/mol. The number of thioether (sulfide) groups is 1. The van der Waals surface area contributed by atoms with Crippen molar-refractivity contribution in [2.75, 3.05) is 17.2 Å². The van der Waals surface area contributed by atoms with Crippen LogP contribution in [0.25, 0.3) is 0 Å². The van der Waals surface area contributed by atoms with E-state index in [0.29, 0.717) is 27.3 Å². The molecule has 0 bridgehead atoms. The van der Waals surface area contributed by atoms with Crippen LogP contribution in [0.2, 0.25) is 10.0 Å². The van der Waals surface area contributed by atoms with E-state index in [9.17, 15) is 13.2 Å². The largest absolute Gasteiger partial charge is 0.345 e. The van der Waals surface area contributed by atoms with Gasteiger partial charge in [-0.05, 0) is 54.6 Å². The maximum atomic E-state index is 12.7. The number of fused-ring (bicyclic) bond motifs is 3. The molecule has 2 aliphatic rings. The summed E-state index contributed by atoms with van der Waals surface area (Å²) in [6.07, 6.45) is 0. The third-order valence-corrected chi connectivity index (χ3v) is 7.38. The first-order chi connectivity index (χ1) is 13.2. The van der Waals surface area contributed by atoms with Gasteiger partial charge in [-0.25, -0.2) is 8.42 Å². The number of carbonyl (C=O) groups is 1. The highest BCUT2D eigenvalue weighted by molar-refractivity contribution is 8.15. The van der Waals surface area contributed by atoms with E-state index in [-0.39, 0.29) is 17.7 Å². The topological polar surface area (TPSA) is 78.8 Å². The molecule has 1 unspecified atom stereocenters. The molecule has 146 valence electrons. The van der Waals surface area contributed by atoms with E-state index in [0.717, 1.165) is 16.1 Å². The molecule has 0 aliphatic carbocycles. The number of nitrogens with zero attached hydrogens (tertiary/aromatic N) is 2. The molecule has 0 spiro atoms. The smallest absolute Gasteiger partial charge is 0.257 e. The minimum Gasteiger partial charge on any atom is -0.345 e. The Labute approximate surface area is 177 Å². The summed E-state index contributed by atoms with van der Waals surface area (Å²) in [6.45, 7) is 2.20. The number of amides is 1. The van der Waals surface area contributed by atoms with Crippen molar-refractivity contribution in [1.82, 2.24) is 5.32 Å². The molecule has 2 aromatic rings. The molecular formula is C18H15Cl2N3O3S2. The second-order valence-corrected chi connectivity index (χ2v) is 10.1. The lowest BCUT2D eigenvalue weighted by atomic mass is 10.1. The van der Waals surface area contributed by atoms with E-state index in [1.165, 1.54) is 11.8 Å². The molecule has 1 N–H and O–H groups in total. The average Bonchev–Trinajstić information content (AvgIpc) is 2.96. The number of carbonyl (C=O) groups excluding carboxylic acids is 1. The monoisotopic (exact) mass is 455 g/mol. The van der Waals surface area contributed by atoms with Gasteiger partial charge < -0.3 is 10.2 Å². The number of hydrogen-bond acceptors (Lipinski definition) is 5. The first kappa shape index (κ1) is 19.6. The van der Waals surface area contributed by atoms with Crippen LogP contribution in [0.3, 0.4) is 0 Å². The zero-order valence-corrected chi connectivity index (χ0v) is 17.8. The van der Waals surface area contributed by atoms with Crippen molar-refractivity contribution in [2.24, 2.45) is 4.40 Å². The minimum absolute atomic E-state index is 0.0158. The van der Waals surface area contributed by atoms with E-state index in [1.807, 2.05) is 17.9 Å². The molecule has 2 heterocycles. The van der Waals surface area contributed by atoms with Crippen molar-refractivity contribution in [3.8, 4) is 0 Å². The Hall–Kier alpha value is -1.74. The molecule has 1 amide bonds. The highest BCUT2D eigenvalue weighted by atomic mass is 35.5. The van der Waals surface area contributed by atoms with Crippen molar-refractivity contribution in [1.29, 1.82) is 0 Å². The Balaban J connectivity index is 1.55. The van der Waals surface area contributed by atoms with E-state index in [4.69, 9.17) is 23.2 Å². The highest BCUT2D eigenvalue weighted by Gasteiger charge is 2.33. The van der Waals surface area contributed by atoms with Crippen molar-refractivity contribution in [3.63, 3.8) is 0 Å². The molecule has 6 nitrogen and oxygen atoms in total. The summed E-state index contributed by atoms with van der Waals surface area (Å²) in [6, 6.07) is 10.1. The van der Waals surface area contributed by atoms with Crippen molar-refractivity contribution in [3.05, 3.63) is 57.6 Å². The third-order valence-electron chi connectivity index (χ3n) is 4.51. The lowest BCUT2D eigenvalue weighted by molar-refractivity contribution is 0.0939. The number of rotatable bonds is 3. The van der Waals surface area contributed by atoms with Crippen molar-refractivity contribution >= 4 is 61.7 Å². The second-order valence-electron chi connectivity index (χ2n) is 6.46. The number of nitrogens with one attached hydrogen (secondary N) is 1. The fourth-order valence-electron chi connectivity index (χ4n) is 3.08. The summed E-state index contributed by atoms with van der Waals surface area (Å²) in [5, 5.41) is 4.37. The third kappa shape index (κ3) is 3.74. The summed E-state index contributed by atoms with van der Waals surface area (Å²) in [5.41, 5.74) is 2.11. The van der Waals surface area contributed by atoms with Crippen LogP contribution in [0, 0.1) is 0 Å². The minimum atomic E-state index is -3.41. The molecule has 28 heavy (non-hydrogen) atoms. The first-order valence-corrected chi connectivity index (χ1v) is 11.6. The zero-order chi connectivity index (χ0) is 20.1. The molecule has 4 rings (SSSR count). The number of hydrogen-bond donors (Lipinski definition) is 1. The van der Waals surface area contributed by atoms with Gasteiger partial charge in [0, 0.05) is 27.0 Å². The highest BCUT2D eigenvalue weighted by Crippen LogP contribution is 2.42. The summed E-state index contributed by atoms with van der Waals surface area (Å²) < 4.78 is 27.2. The standard InChI is InChI=1S/C18H15Cl2N3O3S2/c1-10(13-4-3-12(19)9-14(13)20)21-17(24)11-2-5-15-16(8-11)27-18-22-28(25,26)7-6-23(15)18/h2-5,8-10H,6-7H2,1H3,(H,21,24). The maximum absolute atomic E-state index is 12.7. The number of sulfonamides is 1. The number of amidine groups is 1. The Kier molecular flexibility index (Phi) is 5.07. The first-order valence-electron chi connectivity index (χ1n) is 8.41. The fraction of sp³-hybridized carbons (Fsp3) is 0.222. The van der Waals surface area contributed by atoms with Gasteiger partial charge >= 0.3 is 0 Å². The van der Waals surface area contributed by atoms with E-state index < -0.39 is 10.0 Å². The molecule has 2 aliphatic heterocycles. The Bertz CT molecular complexity index is 1120. The lowest BCUT2D eigenvalue weighted by Crippen LogP contribution is -2.35. The van der Waals surface area contributed by atoms with Crippen LogP contribution in [0.15, 0.2) is 45.7 Å². The summed E-state index contributed by atoms with van der Waals surface area (Å²) in [5.74, 6) is -0.265. The van der Waals surface area contributed by atoms with Crippen LogP contribution in [-0.2, 0) is 10.0 Å². The Morgan fingerprint density at radius 1 is 1.25 bits per heavy atom. The number of halogens is 2. The quantitative estimate of drug-likeness (QED) is 0.753. The van der Waals surface area contributed by atoms with Crippen LogP contribution >= 0.6 is 35.0 Å². The SMILES string of the molecule is CC(NC(=O)c1ccc2c(c1)SC1=NS(=O)(=O)CCN12)c1ccc(Cl)cc1Cl. The Morgan fingerprint density at radius 3 is 2.79 bits per heavy atom. The molecule has 0 aromatic heterocycles. The van der Waals surface area contributed by atoms with Gasteiger partial charge in [-0.15, -0.1) is 4.40 Å². The molecule has 0 radical (unpaired) electrons. The van der Waals surface area contributed by atoms with Crippen LogP contribution in [0.1, 0.15) is 28.9 Å². The lowest BCUT2D eigenvalue weighted by Gasteiger charge is -2.22. The summed E-state index contributed by atoms with van der Waals surface area (Å²) in [4.78, 5) is 15.4. The molecule has 0 fully saturated rings. The molecule has 1 atom stereocenters. The summed E-state index contributed by atoms with van der Waals surface area (Å²) >= 11 is 13.4. The van der Waals surface area contributed by atoms with Gasteiger partial charge in [0.25, 0.3) is 15.9 Å². The molecule has 0 saturated heterocycles. The van der Waals surface area contributed by atoms with Crippen LogP contribution in [0.5, 0.6) is 0 Å². The van der Waals surface area contributed by atoms with Crippen LogP contribution in [-0.4, -0.2) is 31.8 Å². The summed E-state index contributed by atoms with van der Waals surface area (Å²) in [7, 11) is -3.41. The van der Waals surface area contributed by atoms with Crippen molar-refractivity contribution < 1.29 is 13.2 Å². The molecule has 2 aromatic carbocycles. The fourth-order valence-corrected chi connectivity index (χ4v) is 5.95. The van der Waals surface area contributed by atoms with Crippen LogP contribution < -0.4 is 10.2 Å². The molecule has 0 saturated carbocycles. The van der Waals surface area contributed by atoms with Gasteiger partial charge in [0.05, 0.1) is 17.5 Å². The normalized spacial score (nSPS) is 18.1. The molecule has 10 heteroatoms. The maximum Gasteiger partial charge on any atom is 0.257 e. The van der Waals surface area contributed by atoms with Crippen molar-refractivity contribution in [2.45, 2.75) is 17.9 Å². The predicted molar refractivity (Wildman–Crippen MR) is 113 cm³/mol. The Morgan fingerprint density at radius 2 is 2.04 bits per heavy atom. The van der Waals surface area contributed by atoms with Gasteiger partial charge in [0.15, 0.2) is 5.17 Å². The van der Waals surface area contributed by atoms with Gasteiger partial charge in [-0.1, -0.05) is 29.3 Å². The van der Waals surface area contributed by atoms with E-state index in [2.05, 4.69) is 9.71 Å². The van der Waals surface area contributed by atoms with Gasteiger partial charge in [0.2, 0.25) is 0 Å². The predicted octanol–water partition coefficient (Wildman–Crippen LogP) is 4.10. The second kappa shape index (κ2) is 7.26.